The van der Waals surface area contributed by atoms with Crippen molar-refractivity contribution < 1.29 is 42.9 Å². The summed E-state index contributed by atoms with van der Waals surface area (Å²) in [6, 6.07) is -1.30. The molecule has 0 N–H and O–H groups in total. The lowest BCUT2D eigenvalue weighted by Crippen LogP contribution is -2.50. The summed E-state index contributed by atoms with van der Waals surface area (Å²) in [6.07, 6.45) is -2.26. The van der Waals surface area contributed by atoms with E-state index in [0.717, 1.165) is 11.8 Å². The molecule has 0 aromatic carbocycles. The summed E-state index contributed by atoms with van der Waals surface area (Å²) in [5.74, 6) is -2.32. The molecular weight excluding hydrogens is 434 g/mol. The first-order chi connectivity index (χ1) is 14.8. The van der Waals surface area contributed by atoms with E-state index in [1.54, 1.807) is 62.3 Å². The largest absolute Gasteiger partial charge is 0.458 e. The van der Waals surface area contributed by atoms with E-state index in [2.05, 4.69) is 0 Å². The van der Waals surface area contributed by atoms with Gasteiger partial charge in [0.25, 0.3) is 0 Å². The van der Waals surface area contributed by atoms with E-state index >= 15 is 0 Å². The van der Waals surface area contributed by atoms with Gasteiger partial charge in [0.15, 0.2) is 0 Å². The van der Waals surface area contributed by atoms with Crippen molar-refractivity contribution in [3.8, 4) is 0 Å². The average molecular weight is 474 g/mol. The number of carbonyl (C=O) groups is 5. The van der Waals surface area contributed by atoms with Crippen LogP contribution in [0.2, 0.25) is 0 Å². The number of aldehydes is 1. The van der Waals surface area contributed by atoms with E-state index in [0.29, 0.717) is 6.29 Å². The van der Waals surface area contributed by atoms with Crippen LogP contribution in [0, 0.1) is 0 Å². The zero-order valence-electron chi connectivity index (χ0n) is 21.5. The van der Waals surface area contributed by atoms with Crippen LogP contribution in [0.25, 0.3) is 0 Å². The minimum absolute atomic E-state index is 0.189. The lowest BCUT2D eigenvalue weighted by atomic mass is 10.1. The summed E-state index contributed by atoms with van der Waals surface area (Å²) in [4.78, 5) is 62.1. The molecule has 0 spiro atoms. The minimum atomic E-state index is -1.33. The molecular formula is C23H39NO9. The molecule has 0 aromatic rings. The highest BCUT2D eigenvalue weighted by molar-refractivity contribution is 5.84. The molecule has 10 heteroatoms. The monoisotopic (exact) mass is 473 g/mol. The van der Waals surface area contributed by atoms with Crippen LogP contribution in [0.3, 0.4) is 0 Å². The number of hydrogen-bond donors (Lipinski definition) is 0. The molecule has 1 amide bonds. The zero-order chi connectivity index (χ0) is 26.2. The molecule has 0 bridgehead atoms. The first-order valence-corrected chi connectivity index (χ1v) is 10.8. The summed E-state index contributed by atoms with van der Waals surface area (Å²) in [5, 5.41) is 0. The summed E-state index contributed by atoms with van der Waals surface area (Å²) in [5.41, 5.74) is -2.60. The number of carbonyl (C=O) groups excluding carboxylic acids is 5. The highest BCUT2D eigenvalue weighted by atomic mass is 16.6. The van der Waals surface area contributed by atoms with Crippen LogP contribution < -0.4 is 0 Å². The van der Waals surface area contributed by atoms with Gasteiger partial charge in [0.2, 0.25) is 6.10 Å². The number of rotatable bonds is 9. The molecule has 0 aromatic heterocycles. The Bertz CT molecular complexity index is 711. The lowest BCUT2D eigenvalue weighted by Gasteiger charge is -2.34. The van der Waals surface area contributed by atoms with Gasteiger partial charge in [-0.1, -0.05) is 0 Å². The molecule has 0 aliphatic heterocycles. The molecule has 10 nitrogen and oxygen atoms in total. The fraction of sp³-hybridized carbons (Fsp3) is 0.783. The van der Waals surface area contributed by atoms with Crippen LogP contribution >= 0.6 is 0 Å². The maximum Gasteiger partial charge on any atom is 0.411 e. The zero-order valence-corrected chi connectivity index (χ0v) is 21.5. The topological polar surface area (TPSA) is 126 Å². The molecule has 0 radical (unpaired) electrons. The molecule has 0 aliphatic rings. The molecule has 0 rings (SSSR count). The molecule has 0 saturated carbocycles. The first-order valence-electron chi connectivity index (χ1n) is 10.8. The Labute approximate surface area is 196 Å². The molecule has 2 atom stereocenters. The van der Waals surface area contributed by atoms with Gasteiger partial charge in [-0.05, 0) is 62.3 Å². The second-order valence-electron chi connectivity index (χ2n) is 10.5. The third-order valence-electron chi connectivity index (χ3n) is 3.61. The van der Waals surface area contributed by atoms with Crippen LogP contribution in [0.4, 0.5) is 4.79 Å². The Kier molecular flexibility index (Phi) is 11.0. The maximum atomic E-state index is 12.9. The minimum Gasteiger partial charge on any atom is -0.458 e. The molecule has 0 fully saturated rings. The Morgan fingerprint density at radius 1 is 0.788 bits per heavy atom. The maximum absolute atomic E-state index is 12.9. The Balaban J connectivity index is 5.96. The van der Waals surface area contributed by atoms with Gasteiger partial charge in [0.1, 0.15) is 29.1 Å². The Hall–Kier alpha value is -2.65. The van der Waals surface area contributed by atoms with E-state index in [-0.39, 0.29) is 19.4 Å². The fourth-order valence-electron chi connectivity index (χ4n) is 2.56. The van der Waals surface area contributed by atoms with Crippen molar-refractivity contribution in [1.29, 1.82) is 0 Å². The first kappa shape index (κ1) is 30.4. The fourth-order valence-corrected chi connectivity index (χ4v) is 2.56. The Morgan fingerprint density at radius 2 is 1.24 bits per heavy atom. The van der Waals surface area contributed by atoms with Gasteiger partial charge in [-0.3, -0.25) is 9.69 Å². The highest BCUT2D eigenvalue weighted by Crippen LogP contribution is 2.19. The third kappa shape index (κ3) is 13.5. The van der Waals surface area contributed by atoms with Gasteiger partial charge < -0.3 is 23.7 Å². The second-order valence-corrected chi connectivity index (χ2v) is 10.5. The van der Waals surface area contributed by atoms with E-state index in [4.69, 9.17) is 18.9 Å². The van der Waals surface area contributed by atoms with Gasteiger partial charge in [-0.15, -0.1) is 0 Å². The predicted molar refractivity (Wildman–Crippen MR) is 119 cm³/mol. The Morgan fingerprint density at radius 3 is 1.64 bits per heavy atom. The number of ether oxygens (including phenoxy) is 4. The molecule has 0 unspecified atom stereocenters. The number of nitrogens with zero attached hydrogens (tertiary/aromatic N) is 1. The summed E-state index contributed by atoms with van der Waals surface area (Å²) in [7, 11) is 0. The molecule has 33 heavy (non-hydrogen) atoms. The molecule has 0 saturated heterocycles. The third-order valence-corrected chi connectivity index (χ3v) is 3.61. The van der Waals surface area contributed by atoms with Crippen molar-refractivity contribution in [2.45, 2.75) is 111 Å². The number of amides is 1. The SMILES string of the molecule is CC(=O)O[C@@H](CCN(C(=O)OC(C)(C)C)[C@@H](CC=O)C(=O)OC(C)(C)C)C(=O)OC(C)(C)C. The number of hydrogen-bond acceptors (Lipinski definition) is 9. The highest BCUT2D eigenvalue weighted by Gasteiger charge is 2.37. The van der Waals surface area contributed by atoms with Crippen molar-refractivity contribution in [2.75, 3.05) is 6.54 Å². The van der Waals surface area contributed by atoms with Gasteiger partial charge in [-0.25, -0.2) is 14.4 Å². The lowest BCUT2D eigenvalue weighted by molar-refractivity contribution is -0.175. The van der Waals surface area contributed by atoms with Crippen LogP contribution in [-0.4, -0.2) is 70.7 Å². The van der Waals surface area contributed by atoms with E-state index in [1.807, 2.05) is 0 Å². The van der Waals surface area contributed by atoms with Gasteiger partial charge in [-0.2, -0.15) is 0 Å². The molecule has 190 valence electrons. The standard InChI is InChI=1S/C23H39NO9/c1-15(26)30-17(19(28)32-22(5,6)7)11-13-24(20(29)33-23(8,9)10)16(12-14-25)18(27)31-21(2,3)4/h14,16-17H,11-13H2,1-10H3/t16-,17-/m0/s1. The summed E-state index contributed by atoms with van der Waals surface area (Å²) < 4.78 is 21.2. The van der Waals surface area contributed by atoms with Crippen LogP contribution in [0.15, 0.2) is 0 Å². The summed E-state index contributed by atoms with van der Waals surface area (Å²) >= 11 is 0. The van der Waals surface area contributed by atoms with Crippen molar-refractivity contribution >= 4 is 30.3 Å². The molecule has 0 aliphatic carbocycles. The van der Waals surface area contributed by atoms with Crippen molar-refractivity contribution in [3.05, 3.63) is 0 Å². The van der Waals surface area contributed by atoms with Crippen LogP contribution in [0.1, 0.15) is 82.1 Å². The van der Waals surface area contributed by atoms with Crippen LogP contribution in [-0.2, 0) is 38.1 Å². The average Bonchev–Trinajstić information content (AvgIpc) is 2.54. The van der Waals surface area contributed by atoms with Gasteiger partial charge in [0.05, 0.1) is 0 Å². The smallest absolute Gasteiger partial charge is 0.411 e. The predicted octanol–water partition coefficient (Wildman–Crippen LogP) is 3.19. The molecule has 0 heterocycles. The summed E-state index contributed by atoms with van der Waals surface area (Å²) in [6.45, 7) is 15.8. The quantitative estimate of drug-likeness (QED) is 0.282. The van der Waals surface area contributed by atoms with Gasteiger partial charge >= 0.3 is 24.0 Å². The second kappa shape index (κ2) is 12.0. The van der Waals surface area contributed by atoms with Gasteiger partial charge in [0, 0.05) is 26.3 Å². The van der Waals surface area contributed by atoms with Crippen molar-refractivity contribution in [3.63, 3.8) is 0 Å². The van der Waals surface area contributed by atoms with Crippen molar-refractivity contribution in [2.24, 2.45) is 0 Å². The van der Waals surface area contributed by atoms with Crippen molar-refractivity contribution in [1.82, 2.24) is 4.90 Å². The van der Waals surface area contributed by atoms with Crippen LogP contribution in [0.5, 0.6) is 0 Å². The normalized spacial score (nSPS) is 13.9. The number of esters is 3. The van der Waals surface area contributed by atoms with E-state index in [9.17, 15) is 24.0 Å². The van der Waals surface area contributed by atoms with E-state index in [1.165, 1.54) is 0 Å². The van der Waals surface area contributed by atoms with E-state index < -0.39 is 53.0 Å².